The monoisotopic (exact) mass is 288 g/mol. The maximum Gasteiger partial charge on any atom is 0.255 e. The molecule has 2 aromatic carbocycles. The van der Waals surface area contributed by atoms with Crippen LogP contribution in [0.15, 0.2) is 36.4 Å². The summed E-state index contributed by atoms with van der Waals surface area (Å²) in [5, 5.41) is 11.2. The molecule has 1 amide bonds. The molecule has 0 heterocycles. The van der Waals surface area contributed by atoms with Crippen LogP contribution in [0.3, 0.4) is 0 Å². The van der Waals surface area contributed by atoms with Crippen LogP contribution in [0.2, 0.25) is 0 Å². The first-order chi connectivity index (χ1) is 10.0. The minimum Gasteiger partial charge on any atom is -0.494 e. The van der Waals surface area contributed by atoms with Crippen molar-refractivity contribution in [3.05, 3.63) is 59.2 Å². The van der Waals surface area contributed by atoms with Gasteiger partial charge >= 0.3 is 0 Å². The molecule has 2 rings (SSSR count). The second-order valence-corrected chi connectivity index (χ2v) is 4.11. The topological polar surface area (TPSA) is 62.1 Å². The number of nitriles is 1. The molecular formula is C15H10F2N2O2. The molecule has 0 bridgehead atoms. The molecule has 0 aliphatic carbocycles. The summed E-state index contributed by atoms with van der Waals surface area (Å²) in [5.41, 5.74) is 0.266. The van der Waals surface area contributed by atoms with Crippen LogP contribution in [0.1, 0.15) is 15.9 Å². The Morgan fingerprint density at radius 3 is 2.57 bits per heavy atom. The van der Waals surface area contributed by atoms with Gasteiger partial charge in [-0.15, -0.1) is 0 Å². The van der Waals surface area contributed by atoms with Gasteiger partial charge in [0.05, 0.1) is 12.7 Å². The van der Waals surface area contributed by atoms with E-state index in [0.29, 0.717) is 0 Å². The van der Waals surface area contributed by atoms with Gasteiger partial charge in [-0.25, -0.2) is 8.78 Å². The summed E-state index contributed by atoms with van der Waals surface area (Å²) < 4.78 is 31.2. The predicted molar refractivity (Wildman–Crippen MR) is 72.0 cm³/mol. The number of hydrogen-bond donors (Lipinski definition) is 1. The molecule has 0 unspecified atom stereocenters. The number of benzene rings is 2. The summed E-state index contributed by atoms with van der Waals surface area (Å²) in [6, 6.07) is 8.96. The lowest BCUT2D eigenvalue weighted by Crippen LogP contribution is -2.12. The number of nitrogens with one attached hydrogen (secondary N) is 1. The van der Waals surface area contributed by atoms with Gasteiger partial charge in [0.2, 0.25) is 0 Å². The third-order valence-corrected chi connectivity index (χ3v) is 2.76. The standard InChI is InChI=1S/C15H10F2N2O2/c1-21-14-7-9(2-4-13(14)17)15(20)19-11-3-5-12(16)10(6-11)8-18/h2-7H,1H3,(H,19,20). The molecule has 21 heavy (non-hydrogen) atoms. The van der Waals surface area contributed by atoms with E-state index < -0.39 is 17.5 Å². The molecule has 0 aliphatic heterocycles. The van der Waals surface area contributed by atoms with Gasteiger partial charge in [0.25, 0.3) is 5.91 Å². The first kappa shape index (κ1) is 14.5. The van der Waals surface area contributed by atoms with E-state index in [4.69, 9.17) is 10.00 Å². The molecule has 0 spiro atoms. The van der Waals surface area contributed by atoms with Gasteiger partial charge in [-0.05, 0) is 36.4 Å². The number of nitrogens with zero attached hydrogens (tertiary/aromatic N) is 1. The molecule has 0 fully saturated rings. The fraction of sp³-hybridized carbons (Fsp3) is 0.0667. The molecule has 1 N–H and O–H groups in total. The SMILES string of the molecule is COc1cc(C(=O)Nc2ccc(F)c(C#N)c2)ccc1F. The highest BCUT2D eigenvalue weighted by atomic mass is 19.1. The van der Waals surface area contributed by atoms with Crippen molar-refractivity contribution in [1.29, 1.82) is 5.26 Å². The zero-order valence-corrected chi connectivity index (χ0v) is 11.0. The second kappa shape index (κ2) is 6.01. The number of hydrogen-bond acceptors (Lipinski definition) is 3. The average molecular weight is 288 g/mol. The third-order valence-electron chi connectivity index (χ3n) is 2.76. The third kappa shape index (κ3) is 3.15. The quantitative estimate of drug-likeness (QED) is 0.944. The zero-order valence-electron chi connectivity index (χ0n) is 11.0. The minimum absolute atomic E-state index is 0.0560. The summed E-state index contributed by atoms with van der Waals surface area (Å²) >= 11 is 0. The maximum atomic E-state index is 13.3. The van der Waals surface area contributed by atoms with Crippen molar-refractivity contribution in [2.45, 2.75) is 0 Å². The molecule has 0 radical (unpaired) electrons. The van der Waals surface area contributed by atoms with Crippen LogP contribution in [0.5, 0.6) is 5.75 Å². The largest absolute Gasteiger partial charge is 0.494 e. The fourth-order valence-electron chi connectivity index (χ4n) is 1.69. The fourth-order valence-corrected chi connectivity index (χ4v) is 1.69. The van der Waals surface area contributed by atoms with Crippen molar-refractivity contribution in [3.8, 4) is 11.8 Å². The average Bonchev–Trinajstić information content (AvgIpc) is 2.49. The van der Waals surface area contributed by atoms with E-state index in [1.165, 1.54) is 31.4 Å². The minimum atomic E-state index is -0.668. The van der Waals surface area contributed by atoms with Gasteiger partial charge in [-0.2, -0.15) is 5.26 Å². The molecule has 0 saturated carbocycles. The number of amides is 1. The van der Waals surface area contributed by atoms with Crippen molar-refractivity contribution in [1.82, 2.24) is 0 Å². The Kier molecular flexibility index (Phi) is 4.14. The number of ether oxygens (including phenoxy) is 1. The number of anilines is 1. The van der Waals surface area contributed by atoms with E-state index in [1.54, 1.807) is 6.07 Å². The highest BCUT2D eigenvalue weighted by Gasteiger charge is 2.11. The van der Waals surface area contributed by atoms with Crippen LogP contribution in [0.25, 0.3) is 0 Å². The number of methoxy groups -OCH3 is 1. The summed E-state index contributed by atoms with van der Waals surface area (Å²) in [6.07, 6.45) is 0. The summed E-state index contributed by atoms with van der Waals surface area (Å²) in [6.45, 7) is 0. The van der Waals surface area contributed by atoms with E-state index in [-0.39, 0.29) is 22.6 Å². The summed E-state index contributed by atoms with van der Waals surface area (Å²) in [7, 11) is 1.29. The smallest absolute Gasteiger partial charge is 0.255 e. The van der Waals surface area contributed by atoms with Crippen LogP contribution < -0.4 is 10.1 Å². The molecule has 0 atom stereocenters. The van der Waals surface area contributed by atoms with Crippen molar-refractivity contribution < 1.29 is 18.3 Å². The van der Waals surface area contributed by atoms with Crippen LogP contribution in [-0.2, 0) is 0 Å². The number of rotatable bonds is 3. The van der Waals surface area contributed by atoms with Crippen molar-refractivity contribution in [2.24, 2.45) is 0 Å². The highest BCUT2D eigenvalue weighted by Crippen LogP contribution is 2.20. The Morgan fingerprint density at radius 1 is 1.19 bits per heavy atom. The van der Waals surface area contributed by atoms with Crippen molar-refractivity contribution in [3.63, 3.8) is 0 Å². The Morgan fingerprint density at radius 2 is 1.90 bits per heavy atom. The molecule has 0 aliphatic rings. The lowest BCUT2D eigenvalue weighted by molar-refractivity contribution is 0.102. The molecular weight excluding hydrogens is 278 g/mol. The first-order valence-corrected chi connectivity index (χ1v) is 5.89. The molecule has 106 valence electrons. The van der Waals surface area contributed by atoms with E-state index >= 15 is 0 Å². The molecule has 2 aromatic rings. The number of halogens is 2. The molecule has 6 heteroatoms. The van der Waals surface area contributed by atoms with Gasteiger partial charge in [0.1, 0.15) is 11.9 Å². The number of carbonyl (C=O) groups is 1. The van der Waals surface area contributed by atoms with E-state index in [1.807, 2.05) is 0 Å². The lowest BCUT2D eigenvalue weighted by Gasteiger charge is -2.08. The second-order valence-electron chi connectivity index (χ2n) is 4.11. The Balaban J connectivity index is 2.24. The van der Waals surface area contributed by atoms with Crippen LogP contribution in [0.4, 0.5) is 14.5 Å². The number of carbonyl (C=O) groups excluding carboxylic acids is 1. The van der Waals surface area contributed by atoms with E-state index in [2.05, 4.69) is 5.32 Å². The van der Waals surface area contributed by atoms with Gasteiger partial charge in [-0.1, -0.05) is 0 Å². The van der Waals surface area contributed by atoms with Gasteiger partial charge in [-0.3, -0.25) is 4.79 Å². The van der Waals surface area contributed by atoms with Crippen molar-refractivity contribution in [2.75, 3.05) is 12.4 Å². The molecule has 0 aromatic heterocycles. The van der Waals surface area contributed by atoms with Gasteiger partial charge in [0.15, 0.2) is 11.6 Å². The normalized spacial score (nSPS) is 9.81. The van der Waals surface area contributed by atoms with Crippen molar-refractivity contribution >= 4 is 11.6 Å². The van der Waals surface area contributed by atoms with Gasteiger partial charge in [0, 0.05) is 11.3 Å². The maximum absolute atomic E-state index is 13.3. The predicted octanol–water partition coefficient (Wildman–Crippen LogP) is 3.10. The zero-order chi connectivity index (χ0) is 15.4. The van der Waals surface area contributed by atoms with Gasteiger partial charge < -0.3 is 10.1 Å². The van der Waals surface area contributed by atoms with Crippen LogP contribution in [-0.4, -0.2) is 13.0 Å². The Labute approximate surface area is 119 Å². The Bertz CT molecular complexity index is 739. The Hall–Kier alpha value is -2.94. The highest BCUT2D eigenvalue weighted by molar-refractivity contribution is 6.04. The van der Waals surface area contributed by atoms with Crippen LogP contribution >= 0.6 is 0 Å². The summed E-state index contributed by atoms with van der Waals surface area (Å²) in [5.74, 6) is -1.83. The molecule has 0 saturated heterocycles. The molecule has 4 nitrogen and oxygen atoms in total. The lowest BCUT2D eigenvalue weighted by atomic mass is 10.1. The summed E-state index contributed by atoms with van der Waals surface area (Å²) in [4.78, 5) is 12.0. The van der Waals surface area contributed by atoms with E-state index in [9.17, 15) is 13.6 Å². The van der Waals surface area contributed by atoms with Crippen LogP contribution in [0, 0.1) is 23.0 Å². The first-order valence-electron chi connectivity index (χ1n) is 5.89. The van der Waals surface area contributed by atoms with E-state index in [0.717, 1.165) is 12.1 Å².